The Morgan fingerprint density at radius 3 is 2.47 bits per heavy atom. The van der Waals surface area contributed by atoms with Crippen molar-refractivity contribution in [3.05, 3.63) is 33.8 Å². The highest BCUT2D eigenvalue weighted by Gasteiger charge is 2.39. The van der Waals surface area contributed by atoms with Gasteiger partial charge in [-0.25, -0.2) is 0 Å². The Morgan fingerprint density at radius 2 is 2.00 bits per heavy atom. The molecule has 0 spiro atoms. The average molecular weight is 252 g/mol. The molecule has 1 aromatic rings. The van der Waals surface area contributed by atoms with E-state index in [-0.39, 0.29) is 0 Å². The van der Waals surface area contributed by atoms with Crippen LogP contribution in [0.15, 0.2) is 12.1 Å². The summed E-state index contributed by atoms with van der Waals surface area (Å²) in [6.45, 7) is 0. The molecule has 1 heterocycles. The number of halogens is 4. The molecule has 0 saturated heterocycles. The number of nitrogens with zero attached hydrogens (tertiary/aromatic N) is 2. The van der Waals surface area contributed by atoms with Crippen molar-refractivity contribution < 1.29 is 27.3 Å². The molecule has 0 amide bonds. The second kappa shape index (κ2) is 4.44. The average Bonchev–Trinajstić information content (AvgIpc) is 2.18. The zero-order valence-electron chi connectivity index (χ0n) is 7.99. The molecule has 0 saturated carbocycles. The largest absolute Gasteiger partial charge is 0.450 e. The molecule has 17 heavy (non-hydrogen) atoms. The molecule has 1 rings (SSSR count). The van der Waals surface area contributed by atoms with E-state index in [1.807, 2.05) is 0 Å². The lowest BCUT2D eigenvalue weighted by Crippen LogP contribution is -2.25. The zero-order chi connectivity index (χ0) is 13.2. The highest BCUT2D eigenvalue weighted by atomic mass is 19.4. The van der Waals surface area contributed by atoms with Crippen molar-refractivity contribution in [2.24, 2.45) is 0 Å². The number of carbonyl (C=O) groups is 1. The van der Waals surface area contributed by atoms with Crippen LogP contribution in [0.25, 0.3) is 0 Å². The Hall–Kier alpha value is -2.06. The van der Waals surface area contributed by atoms with Crippen LogP contribution in [0.4, 0.5) is 23.4 Å². The van der Waals surface area contributed by atoms with Gasteiger partial charge in [-0.05, 0) is 16.0 Å². The minimum absolute atomic E-state index is 0.585. The Morgan fingerprint density at radius 1 is 1.41 bits per heavy atom. The van der Waals surface area contributed by atoms with Gasteiger partial charge in [0.15, 0.2) is 0 Å². The van der Waals surface area contributed by atoms with Crippen LogP contribution in [0.1, 0.15) is 5.56 Å². The van der Waals surface area contributed by atoms with Crippen molar-refractivity contribution in [1.29, 1.82) is 0 Å². The fourth-order valence-corrected chi connectivity index (χ4v) is 1.02. The van der Waals surface area contributed by atoms with E-state index in [1.165, 1.54) is 0 Å². The molecule has 0 aliphatic carbocycles. The van der Waals surface area contributed by atoms with Crippen molar-refractivity contribution >= 4 is 11.6 Å². The quantitative estimate of drug-likeness (QED) is 0.356. The van der Waals surface area contributed by atoms with Crippen LogP contribution in [-0.2, 0) is 11.2 Å². The van der Waals surface area contributed by atoms with Gasteiger partial charge in [-0.3, -0.25) is 4.79 Å². The van der Waals surface area contributed by atoms with Gasteiger partial charge in [-0.15, -0.1) is 0 Å². The van der Waals surface area contributed by atoms with Gasteiger partial charge in [0.25, 0.3) is 0 Å². The lowest BCUT2D eigenvalue weighted by atomic mass is 10.1. The van der Waals surface area contributed by atoms with E-state index in [1.54, 1.807) is 0 Å². The SMILES string of the molecule is O=C(Cc1ccc(F)nc1[N+](=O)[O-])C(F)(F)F. The molecule has 5 nitrogen and oxygen atoms in total. The number of ketones is 1. The van der Waals surface area contributed by atoms with Gasteiger partial charge in [0.2, 0.25) is 5.78 Å². The summed E-state index contributed by atoms with van der Waals surface area (Å²) in [6, 6.07) is 1.37. The topological polar surface area (TPSA) is 73.1 Å². The van der Waals surface area contributed by atoms with Gasteiger partial charge >= 0.3 is 17.9 Å². The predicted molar refractivity (Wildman–Crippen MR) is 45.6 cm³/mol. The first kappa shape index (κ1) is 13.0. The molecule has 0 bridgehead atoms. The van der Waals surface area contributed by atoms with E-state index in [0.29, 0.717) is 6.07 Å². The van der Waals surface area contributed by atoms with E-state index in [2.05, 4.69) is 4.98 Å². The molecular weight excluding hydrogens is 248 g/mol. The molecule has 92 valence electrons. The Balaban J connectivity index is 3.07. The number of nitro groups is 1. The van der Waals surface area contributed by atoms with Gasteiger partial charge in [0.05, 0.1) is 5.56 Å². The first-order valence-electron chi connectivity index (χ1n) is 4.11. The highest BCUT2D eigenvalue weighted by Crippen LogP contribution is 2.22. The monoisotopic (exact) mass is 252 g/mol. The lowest BCUT2D eigenvalue weighted by Gasteiger charge is -2.05. The predicted octanol–water partition coefficient (Wildman–Crippen LogP) is 1.80. The number of hydrogen-bond donors (Lipinski definition) is 0. The fourth-order valence-electron chi connectivity index (χ4n) is 1.02. The minimum atomic E-state index is -5.09. The molecular formula is C8H4F4N2O3. The molecule has 0 unspecified atom stereocenters. The summed E-state index contributed by atoms with van der Waals surface area (Å²) in [5, 5.41) is 10.4. The van der Waals surface area contributed by atoms with Crippen LogP contribution in [0.3, 0.4) is 0 Å². The van der Waals surface area contributed by atoms with Crippen molar-refractivity contribution in [2.75, 3.05) is 0 Å². The molecule has 0 N–H and O–H groups in total. The van der Waals surface area contributed by atoms with E-state index < -0.39 is 40.6 Å². The fraction of sp³-hybridized carbons (Fsp3) is 0.250. The molecule has 0 atom stereocenters. The maximum Gasteiger partial charge on any atom is 0.450 e. The van der Waals surface area contributed by atoms with Crippen LogP contribution in [-0.4, -0.2) is 21.9 Å². The zero-order valence-corrected chi connectivity index (χ0v) is 7.99. The summed E-state index contributed by atoms with van der Waals surface area (Å²) >= 11 is 0. The summed E-state index contributed by atoms with van der Waals surface area (Å²) < 4.78 is 48.4. The molecule has 0 fully saturated rings. The standard InChI is InChI=1S/C8H4F4N2O3/c9-6-2-1-4(7(13-6)14(16)17)3-5(15)8(10,11)12/h1-2H,3H2. The smallest absolute Gasteiger partial charge is 0.358 e. The van der Waals surface area contributed by atoms with Crippen LogP contribution in [0.5, 0.6) is 0 Å². The van der Waals surface area contributed by atoms with Gasteiger partial charge in [-0.1, -0.05) is 0 Å². The second-order valence-electron chi connectivity index (χ2n) is 2.97. The van der Waals surface area contributed by atoms with Crippen molar-refractivity contribution in [3.63, 3.8) is 0 Å². The number of alkyl halides is 3. The van der Waals surface area contributed by atoms with Gasteiger partial charge < -0.3 is 10.1 Å². The number of rotatable bonds is 3. The van der Waals surface area contributed by atoms with E-state index >= 15 is 0 Å². The maximum absolute atomic E-state index is 12.6. The van der Waals surface area contributed by atoms with E-state index in [0.717, 1.165) is 6.07 Å². The summed E-state index contributed by atoms with van der Waals surface area (Å²) in [7, 11) is 0. The van der Waals surface area contributed by atoms with Crippen LogP contribution >= 0.6 is 0 Å². The highest BCUT2D eigenvalue weighted by molar-refractivity contribution is 5.86. The van der Waals surface area contributed by atoms with Crippen LogP contribution < -0.4 is 0 Å². The number of carbonyl (C=O) groups excluding carboxylic acids is 1. The minimum Gasteiger partial charge on any atom is -0.358 e. The number of hydrogen-bond acceptors (Lipinski definition) is 4. The number of pyridine rings is 1. The summed E-state index contributed by atoms with van der Waals surface area (Å²) in [4.78, 5) is 22.7. The molecule has 0 radical (unpaired) electrons. The first-order chi connectivity index (χ1) is 7.71. The Kier molecular flexibility index (Phi) is 3.39. The second-order valence-corrected chi connectivity index (χ2v) is 2.97. The van der Waals surface area contributed by atoms with Crippen molar-refractivity contribution in [2.45, 2.75) is 12.6 Å². The van der Waals surface area contributed by atoms with Gasteiger partial charge in [0.1, 0.15) is 0 Å². The maximum atomic E-state index is 12.6. The Bertz CT molecular complexity index is 472. The first-order valence-corrected chi connectivity index (χ1v) is 4.11. The van der Waals surface area contributed by atoms with E-state index in [9.17, 15) is 32.5 Å². The lowest BCUT2D eigenvalue weighted by molar-refractivity contribution is -0.390. The third-order valence-corrected chi connectivity index (χ3v) is 1.76. The molecule has 0 aliphatic rings. The third-order valence-electron chi connectivity index (χ3n) is 1.76. The van der Waals surface area contributed by atoms with Gasteiger partial charge in [-0.2, -0.15) is 17.6 Å². The number of aromatic nitrogens is 1. The van der Waals surface area contributed by atoms with Crippen molar-refractivity contribution in [1.82, 2.24) is 4.98 Å². The summed E-state index contributed by atoms with van der Waals surface area (Å²) in [5.41, 5.74) is -0.585. The van der Waals surface area contributed by atoms with Gasteiger partial charge in [0, 0.05) is 12.5 Å². The molecule has 0 aromatic carbocycles. The molecule has 9 heteroatoms. The normalized spacial score (nSPS) is 11.3. The Labute approximate surface area is 91.2 Å². The summed E-state index contributed by atoms with van der Waals surface area (Å²) in [5.74, 6) is -4.46. The van der Waals surface area contributed by atoms with Crippen molar-refractivity contribution in [3.8, 4) is 0 Å². The van der Waals surface area contributed by atoms with Crippen LogP contribution in [0.2, 0.25) is 0 Å². The van der Waals surface area contributed by atoms with Crippen LogP contribution in [0, 0.1) is 16.1 Å². The molecule has 1 aromatic heterocycles. The molecule has 0 aliphatic heterocycles. The third kappa shape index (κ3) is 3.20. The van der Waals surface area contributed by atoms with E-state index in [4.69, 9.17) is 0 Å². The number of Topliss-reactive ketones (excluding diaryl/α,β-unsaturated/α-hetero) is 1. The summed E-state index contributed by atoms with van der Waals surface area (Å²) in [6.07, 6.45) is -6.34.